The van der Waals surface area contributed by atoms with Gasteiger partial charge >= 0.3 is 0 Å². The van der Waals surface area contributed by atoms with Gasteiger partial charge in [-0.3, -0.25) is 0 Å². The minimum absolute atomic E-state index is 0.0362. The molecule has 0 radical (unpaired) electrons. The number of ether oxygens (including phenoxy) is 1. The Bertz CT molecular complexity index is 692. The van der Waals surface area contributed by atoms with Crippen molar-refractivity contribution in [2.45, 2.75) is 6.61 Å². The molecule has 3 aromatic rings. The van der Waals surface area contributed by atoms with Crippen molar-refractivity contribution in [2.75, 3.05) is 0 Å². The average Bonchev–Trinajstić information content (AvgIpc) is 2.48. The summed E-state index contributed by atoms with van der Waals surface area (Å²) in [5.41, 5.74) is 1.77. The molecule has 0 aliphatic heterocycles. The van der Waals surface area contributed by atoms with E-state index in [1.807, 2.05) is 60.7 Å². The van der Waals surface area contributed by atoms with Gasteiger partial charge in [0.1, 0.15) is 5.75 Å². The molecule has 1 aromatic heterocycles. The van der Waals surface area contributed by atoms with Gasteiger partial charge in [-0.2, -0.15) is 0 Å². The maximum Gasteiger partial charge on any atom is 0.219 e. The van der Waals surface area contributed by atoms with Crippen molar-refractivity contribution >= 4 is 10.9 Å². The summed E-state index contributed by atoms with van der Waals surface area (Å²) in [6, 6.07) is 19.0. The molecule has 3 heteroatoms. The van der Waals surface area contributed by atoms with Gasteiger partial charge < -0.3 is 9.84 Å². The summed E-state index contributed by atoms with van der Waals surface area (Å²) in [6.45, 7) is 0.0362. The fourth-order valence-electron chi connectivity index (χ4n) is 1.89. The molecule has 0 bridgehead atoms. The van der Waals surface area contributed by atoms with E-state index in [-0.39, 0.29) is 6.61 Å². The van der Waals surface area contributed by atoms with Crippen molar-refractivity contribution in [2.24, 2.45) is 0 Å². The van der Waals surface area contributed by atoms with Crippen LogP contribution in [0.1, 0.15) is 5.56 Å². The molecule has 3 rings (SSSR count). The molecule has 0 saturated heterocycles. The third-order valence-corrected chi connectivity index (χ3v) is 2.90. The Morgan fingerprint density at radius 3 is 2.47 bits per heavy atom. The number of fused-ring (bicyclic) bond motifs is 1. The molecular weight excluding hydrogens is 238 g/mol. The van der Waals surface area contributed by atoms with Crippen molar-refractivity contribution in [1.82, 2.24) is 4.98 Å². The molecule has 19 heavy (non-hydrogen) atoms. The number of para-hydroxylation sites is 1. The number of pyridine rings is 1. The maximum atomic E-state index is 8.98. The molecular formula is C16H13NO2. The number of aliphatic hydroxyl groups is 1. The zero-order valence-electron chi connectivity index (χ0n) is 10.3. The highest BCUT2D eigenvalue weighted by atomic mass is 16.5. The number of nitrogens with zero attached hydrogens (tertiary/aromatic N) is 1. The smallest absolute Gasteiger partial charge is 0.219 e. The van der Waals surface area contributed by atoms with Gasteiger partial charge in [0, 0.05) is 11.5 Å². The van der Waals surface area contributed by atoms with E-state index in [4.69, 9.17) is 9.84 Å². The summed E-state index contributed by atoms with van der Waals surface area (Å²) in [6.07, 6.45) is 0. The molecule has 0 spiro atoms. The second kappa shape index (κ2) is 5.08. The molecule has 0 amide bonds. The van der Waals surface area contributed by atoms with Crippen molar-refractivity contribution in [3.05, 3.63) is 66.2 Å². The summed E-state index contributed by atoms with van der Waals surface area (Å²) in [5, 5.41) is 10.1. The lowest BCUT2D eigenvalue weighted by Crippen LogP contribution is -1.89. The average molecular weight is 251 g/mol. The van der Waals surface area contributed by atoms with E-state index in [2.05, 4.69) is 4.98 Å². The standard InChI is InChI=1S/C16H13NO2/c18-11-12-5-8-14(9-6-12)19-16-10-7-13-3-1-2-4-15(13)17-16/h1-10,18H,11H2. The van der Waals surface area contributed by atoms with Crippen LogP contribution >= 0.6 is 0 Å². The molecule has 3 nitrogen and oxygen atoms in total. The van der Waals surface area contributed by atoms with Crippen LogP contribution in [0.4, 0.5) is 0 Å². The van der Waals surface area contributed by atoms with E-state index >= 15 is 0 Å². The first-order chi connectivity index (χ1) is 9.35. The van der Waals surface area contributed by atoms with E-state index in [0.29, 0.717) is 11.6 Å². The van der Waals surface area contributed by atoms with Crippen molar-refractivity contribution in [3.8, 4) is 11.6 Å². The fourth-order valence-corrected chi connectivity index (χ4v) is 1.89. The Labute approximate surface area is 111 Å². The molecule has 1 heterocycles. The van der Waals surface area contributed by atoms with E-state index in [9.17, 15) is 0 Å². The van der Waals surface area contributed by atoms with Gasteiger partial charge in [-0.15, -0.1) is 0 Å². The van der Waals surface area contributed by atoms with Gasteiger partial charge in [0.25, 0.3) is 0 Å². The largest absolute Gasteiger partial charge is 0.439 e. The van der Waals surface area contributed by atoms with Gasteiger partial charge in [0.05, 0.1) is 12.1 Å². The van der Waals surface area contributed by atoms with Crippen molar-refractivity contribution < 1.29 is 9.84 Å². The van der Waals surface area contributed by atoms with Crippen LogP contribution in [0.5, 0.6) is 11.6 Å². The highest BCUT2D eigenvalue weighted by Crippen LogP contribution is 2.22. The SMILES string of the molecule is OCc1ccc(Oc2ccc3ccccc3n2)cc1. The Kier molecular flexibility index (Phi) is 3.12. The van der Waals surface area contributed by atoms with Crippen LogP contribution in [-0.2, 0) is 6.61 Å². The Morgan fingerprint density at radius 2 is 1.68 bits per heavy atom. The van der Waals surface area contributed by atoms with Gasteiger partial charge in [0.15, 0.2) is 0 Å². The van der Waals surface area contributed by atoms with Crippen LogP contribution in [0.2, 0.25) is 0 Å². The van der Waals surface area contributed by atoms with Gasteiger partial charge in [-0.05, 0) is 29.8 Å². The third-order valence-electron chi connectivity index (χ3n) is 2.90. The summed E-state index contributed by atoms with van der Waals surface area (Å²) in [4.78, 5) is 4.44. The van der Waals surface area contributed by atoms with Gasteiger partial charge in [0.2, 0.25) is 5.88 Å². The molecule has 0 fully saturated rings. The molecule has 0 saturated carbocycles. The van der Waals surface area contributed by atoms with Crippen molar-refractivity contribution in [1.29, 1.82) is 0 Å². The van der Waals surface area contributed by atoms with E-state index < -0.39 is 0 Å². The van der Waals surface area contributed by atoms with E-state index in [1.165, 1.54) is 0 Å². The first kappa shape index (κ1) is 11.7. The molecule has 2 aromatic carbocycles. The van der Waals surface area contributed by atoms with Crippen LogP contribution in [0.25, 0.3) is 10.9 Å². The molecule has 0 atom stereocenters. The number of hydrogen-bond acceptors (Lipinski definition) is 3. The predicted molar refractivity (Wildman–Crippen MR) is 74.2 cm³/mol. The molecule has 0 aliphatic rings. The van der Waals surface area contributed by atoms with Gasteiger partial charge in [-0.1, -0.05) is 30.3 Å². The Hall–Kier alpha value is -2.39. The lowest BCUT2D eigenvalue weighted by molar-refractivity contribution is 0.281. The lowest BCUT2D eigenvalue weighted by atomic mass is 10.2. The van der Waals surface area contributed by atoms with E-state index in [1.54, 1.807) is 0 Å². The summed E-state index contributed by atoms with van der Waals surface area (Å²) in [7, 11) is 0. The molecule has 0 unspecified atom stereocenters. The van der Waals surface area contributed by atoms with Crippen molar-refractivity contribution in [3.63, 3.8) is 0 Å². The molecule has 94 valence electrons. The lowest BCUT2D eigenvalue weighted by Gasteiger charge is -2.06. The number of aromatic nitrogens is 1. The first-order valence-electron chi connectivity index (χ1n) is 6.08. The zero-order valence-corrected chi connectivity index (χ0v) is 10.3. The monoisotopic (exact) mass is 251 g/mol. The summed E-state index contributed by atoms with van der Waals surface area (Å²) < 4.78 is 5.69. The quantitative estimate of drug-likeness (QED) is 0.774. The summed E-state index contributed by atoms with van der Waals surface area (Å²) in [5.74, 6) is 1.27. The van der Waals surface area contributed by atoms with E-state index in [0.717, 1.165) is 16.5 Å². The number of aliphatic hydroxyl groups excluding tert-OH is 1. The Balaban J connectivity index is 1.87. The van der Waals surface area contributed by atoms with Crippen LogP contribution in [0.15, 0.2) is 60.7 Å². The molecule has 0 aliphatic carbocycles. The topological polar surface area (TPSA) is 42.4 Å². The maximum absolute atomic E-state index is 8.98. The number of rotatable bonds is 3. The first-order valence-corrected chi connectivity index (χ1v) is 6.08. The second-order valence-corrected chi connectivity index (χ2v) is 4.25. The third kappa shape index (κ3) is 2.56. The minimum Gasteiger partial charge on any atom is -0.439 e. The van der Waals surface area contributed by atoms with Crippen LogP contribution in [0.3, 0.4) is 0 Å². The minimum atomic E-state index is 0.0362. The second-order valence-electron chi connectivity index (χ2n) is 4.25. The van der Waals surface area contributed by atoms with Crippen LogP contribution < -0.4 is 4.74 Å². The molecule has 1 N–H and O–H groups in total. The van der Waals surface area contributed by atoms with Crippen LogP contribution in [0, 0.1) is 0 Å². The number of hydrogen-bond donors (Lipinski definition) is 1. The fraction of sp³-hybridized carbons (Fsp3) is 0.0625. The zero-order chi connectivity index (χ0) is 13.1. The normalized spacial score (nSPS) is 10.6. The van der Waals surface area contributed by atoms with Gasteiger partial charge in [-0.25, -0.2) is 4.98 Å². The number of benzene rings is 2. The summed E-state index contributed by atoms with van der Waals surface area (Å²) >= 11 is 0. The highest BCUT2D eigenvalue weighted by Gasteiger charge is 2.01. The predicted octanol–water partition coefficient (Wildman–Crippen LogP) is 3.52. The Morgan fingerprint density at radius 1 is 0.895 bits per heavy atom. The van der Waals surface area contributed by atoms with Crippen LogP contribution in [-0.4, -0.2) is 10.1 Å². The highest BCUT2D eigenvalue weighted by molar-refractivity contribution is 5.78.